The van der Waals surface area contributed by atoms with E-state index in [1.54, 1.807) is 6.92 Å². The lowest BCUT2D eigenvalue weighted by Crippen LogP contribution is -2.09. The first kappa shape index (κ1) is 16.2. The molecule has 0 aliphatic heterocycles. The van der Waals surface area contributed by atoms with Crippen LogP contribution in [-0.4, -0.2) is 24.5 Å². The van der Waals surface area contributed by atoms with Gasteiger partial charge in [-0.15, -0.1) is 0 Å². The molecule has 0 saturated heterocycles. The molecule has 6 heteroatoms. The first-order valence-corrected chi connectivity index (χ1v) is 6.00. The normalized spacial score (nSPS) is 9.38. The lowest BCUT2D eigenvalue weighted by Gasteiger charge is -2.08. The van der Waals surface area contributed by atoms with Gasteiger partial charge in [-0.3, -0.25) is 0 Å². The van der Waals surface area contributed by atoms with E-state index in [9.17, 15) is 14.4 Å². The van der Waals surface area contributed by atoms with Gasteiger partial charge in [0.1, 0.15) is 11.5 Å². The molecule has 0 fully saturated rings. The minimum Gasteiger partial charge on any atom is -0.462 e. The van der Waals surface area contributed by atoms with E-state index in [-0.39, 0.29) is 23.7 Å². The highest BCUT2D eigenvalue weighted by Gasteiger charge is 2.13. The summed E-state index contributed by atoms with van der Waals surface area (Å²) in [5, 5.41) is 0. The van der Waals surface area contributed by atoms with E-state index in [1.807, 2.05) is 0 Å². The first-order chi connectivity index (χ1) is 9.99. The van der Waals surface area contributed by atoms with E-state index in [0.717, 1.165) is 12.2 Å². The fourth-order valence-corrected chi connectivity index (χ4v) is 1.34. The molecule has 0 spiro atoms. The Balaban J connectivity index is 3.14. The molecule has 0 heterocycles. The van der Waals surface area contributed by atoms with Crippen LogP contribution in [-0.2, 0) is 14.3 Å². The molecule has 0 aromatic heterocycles. The zero-order valence-electron chi connectivity index (χ0n) is 11.5. The molecular formula is C15H14O6. The van der Waals surface area contributed by atoms with E-state index in [2.05, 4.69) is 13.2 Å². The molecular weight excluding hydrogens is 276 g/mol. The van der Waals surface area contributed by atoms with E-state index >= 15 is 0 Å². The van der Waals surface area contributed by atoms with Crippen molar-refractivity contribution >= 4 is 17.9 Å². The predicted octanol–water partition coefficient (Wildman–Crippen LogP) is 2.05. The van der Waals surface area contributed by atoms with Gasteiger partial charge in [-0.2, -0.15) is 0 Å². The van der Waals surface area contributed by atoms with Gasteiger partial charge in [-0.25, -0.2) is 14.4 Å². The van der Waals surface area contributed by atoms with Crippen LogP contribution in [0.1, 0.15) is 17.3 Å². The fourth-order valence-electron chi connectivity index (χ4n) is 1.34. The van der Waals surface area contributed by atoms with Crippen molar-refractivity contribution < 1.29 is 28.6 Å². The maximum absolute atomic E-state index is 11.7. The Hall–Kier alpha value is -2.89. The van der Waals surface area contributed by atoms with Crippen LogP contribution in [0.5, 0.6) is 11.5 Å². The molecule has 0 atom stereocenters. The third-order valence-corrected chi connectivity index (χ3v) is 2.16. The lowest BCUT2D eigenvalue weighted by atomic mass is 10.2. The Morgan fingerprint density at radius 2 is 1.48 bits per heavy atom. The number of hydrogen-bond acceptors (Lipinski definition) is 6. The largest absolute Gasteiger partial charge is 0.462 e. The number of ether oxygens (including phenoxy) is 3. The molecule has 0 amide bonds. The number of benzene rings is 1. The number of carbonyl (C=O) groups is 3. The topological polar surface area (TPSA) is 78.9 Å². The maximum Gasteiger partial charge on any atom is 0.338 e. The highest BCUT2D eigenvalue weighted by molar-refractivity contribution is 5.91. The van der Waals surface area contributed by atoms with Gasteiger partial charge in [0.05, 0.1) is 12.2 Å². The van der Waals surface area contributed by atoms with Crippen LogP contribution < -0.4 is 9.47 Å². The zero-order valence-corrected chi connectivity index (χ0v) is 11.5. The van der Waals surface area contributed by atoms with Gasteiger partial charge in [0, 0.05) is 18.2 Å². The number of esters is 3. The van der Waals surface area contributed by atoms with Crippen LogP contribution in [0.3, 0.4) is 0 Å². The van der Waals surface area contributed by atoms with Crippen molar-refractivity contribution in [3.63, 3.8) is 0 Å². The molecule has 1 rings (SSSR count). The first-order valence-electron chi connectivity index (χ1n) is 6.00. The summed E-state index contributed by atoms with van der Waals surface area (Å²) in [4.78, 5) is 34.1. The number of hydrogen-bond donors (Lipinski definition) is 0. The van der Waals surface area contributed by atoms with Gasteiger partial charge < -0.3 is 14.2 Å². The Labute approximate surface area is 121 Å². The molecule has 21 heavy (non-hydrogen) atoms. The molecule has 0 aliphatic rings. The summed E-state index contributed by atoms with van der Waals surface area (Å²) in [7, 11) is 0. The molecule has 0 radical (unpaired) electrons. The van der Waals surface area contributed by atoms with Crippen molar-refractivity contribution in [1.29, 1.82) is 0 Å². The summed E-state index contributed by atoms with van der Waals surface area (Å²) >= 11 is 0. The van der Waals surface area contributed by atoms with E-state index < -0.39 is 17.9 Å². The van der Waals surface area contributed by atoms with E-state index in [4.69, 9.17) is 14.2 Å². The molecule has 0 aliphatic carbocycles. The Morgan fingerprint density at radius 3 is 1.86 bits per heavy atom. The minimum absolute atomic E-state index is 0.0253. The van der Waals surface area contributed by atoms with Crippen molar-refractivity contribution in [3.05, 3.63) is 49.1 Å². The van der Waals surface area contributed by atoms with Gasteiger partial charge in [0.15, 0.2) is 0 Å². The highest BCUT2D eigenvalue weighted by Crippen LogP contribution is 2.24. The standard InChI is InChI=1S/C15H14O6/c1-4-13(16)20-11-7-10(15(18)19-6-3)8-12(9-11)21-14(17)5-2/h4-5,7-9H,1-2,6H2,3H3. The molecule has 0 saturated carbocycles. The van der Waals surface area contributed by atoms with Gasteiger partial charge in [-0.1, -0.05) is 13.2 Å². The van der Waals surface area contributed by atoms with Gasteiger partial charge in [0.25, 0.3) is 0 Å². The minimum atomic E-state index is -0.711. The second kappa shape index (κ2) is 7.64. The molecule has 6 nitrogen and oxygen atoms in total. The van der Waals surface area contributed by atoms with Crippen molar-refractivity contribution in [2.75, 3.05) is 6.61 Å². The van der Waals surface area contributed by atoms with Gasteiger partial charge in [0.2, 0.25) is 0 Å². The van der Waals surface area contributed by atoms with Crippen molar-refractivity contribution in [3.8, 4) is 11.5 Å². The van der Waals surface area contributed by atoms with Gasteiger partial charge >= 0.3 is 17.9 Å². The molecule has 1 aromatic carbocycles. The summed E-state index contributed by atoms with van der Waals surface area (Å²) in [6.07, 6.45) is 1.93. The molecule has 0 N–H and O–H groups in total. The Bertz CT molecular complexity index is 548. The average Bonchev–Trinajstić information content (AvgIpc) is 2.46. The van der Waals surface area contributed by atoms with Crippen LogP contribution >= 0.6 is 0 Å². The average molecular weight is 290 g/mol. The maximum atomic E-state index is 11.7. The third-order valence-electron chi connectivity index (χ3n) is 2.16. The number of carbonyl (C=O) groups excluding carboxylic acids is 3. The molecule has 0 bridgehead atoms. The Morgan fingerprint density at radius 1 is 1.00 bits per heavy atom. The summed E-state index contributed by atoms with van der Waals surface area (Å²) in [5.41, 5.74) is 0.0816. The molecule has 1 aromatic rings. The summed E-state index contributed by atoms with van der Waals surface area (Å²) in [6, 6.07) is 3.88. The van der Waals surface area contributed by atoms with Crippen molar-refractivity contribution in [2.24, 2.45) is 0 Å². The summed E-state index contributed by atoms with van der Waals surface area (Å²) in [5.74, 6) is -2.01. The quantitative estimate of drug-likeness (QED) is 0.453. The van der Waals surface area contributed by atoms with Crippen LogP contribution in [0.2, 0.25) is 0 Å². The van der Waals surface area contributed by atoms with Crippen molar-refractivity contribution in [2.45, 2.75) is 6.92 Å². The molecule has 110 valence electrons. The second-order valence-corrected chi connectivity index (χ2v) is 3.66. The van der Waals surface area contributed by atoms with E-state index in [1.165, 1.54) is 18.2 Å². The smallest absolute Gasteiger partial charge is 0.338 e. The van der Waals surface area contributed by atoms with Crippen LogP contribution in [0.15, 0.2) is 43.5 Å². The summed E-state index contributed by atoms with van der Waals surface area (Å²) < 4.78 is 14.7. The van der Waals surface area contributed by atoms with Crippen LogP contribution in [0.4, 0.5) is 0 Å². The lowest BCUT2D eigenvalue weighted by molar-refractivity contribution is -0.129. The Kier molecular flexibility index (Phi) is 5.88. The van der Waals surface area contributed by atoms with Crippen LogP contribution in [0, 0.1) is 0 Å². The molecule has 0 unspecified atom stereocenters. The van der Waals surface area contributed by atoms with Crippen molar-refractivity contribution in [1.82, 2.24) is 0 Å². The zero-order chi connectivity index (χ0) is 15.8. The monoisotopic (exact) mass is 290 g/mol. The number of rotatable bonds is 6. The second-order valence-electron chi connectivity index (χ2n) is 3.66. The fraction of sp³-hybridized carbons (Fsp3) is 0.133. The SMILES string of the molecule is C=CC(=O)Oc1cc(OC(=O)C=C)cc(C(=O)OCC)c1. The van der Waals surface area contributed by atoms with Crippen LogP contribution in [0.25, 0.3) is 0 Å². The predicted molar refractivity (Wildman–Crippen MR) is 74.1 cm³/mol. The summed E-state index contributed by atoms with van der Waals surface area (Å²) in [6.45, 7) is 8.35. The van der Waals surface area contributed by atoms with E-state index in [0.29, 0.717) is 0 Å². The highest BCUT2D eigenvalue weighted by atomic mass is 16.5. The third kappa shape index (κ3) is 4.94. The van der Waals surface area contributed by atoms with Gasteiger partial charge in [-0.05, 0) is 19.1 Å².